The van der Waals surface area contributed by atoms with Crippen LogP contribution in [0.15, 0.2) is 27.8 Å². The van der Waals surface area contributed by atoms with E-state index in [-0.39, 0.29) is 22.5 Å². The molecule has 1 amide bonds. The first kappa shape index (κ1) is 16.0. The lowest BCUT2D eigenvalue weighted by atomic mass is 10.0. The second kappa shape index (κ2) is 6.72. The van der Waals surface area contributed by atoms with Gasteiger partial charge in [-0.3, -0.25) is 9.59 Å². The maximum Gasteiger partial charge on any atom is 0.287 e. The number of anilines is 1. The molecule has 1 aliphatic heterocycles. The van der Waals surface area contributed by atoms with Crippen LogP contribution < -0.4 is 15.8 Å². The van der Waals surface area contributed by atoms with Gasteiger partial charge in [0.2, 0.25) is 0 Å². The van der Waals surface area contributed by atoms with Crippen LogP contribution in [0.5, 0.6) is 0 Å². The van der Waals surface area contributed by atoms with Gasteiger partial charge >= 0.3 is 0 Å². The largest absolute Gasteiger partial charge is 0.369 e. The zero-order valence-electron chi connectivity index (χ0n) is 12.7. The van der Waals surface area contributed by atoms with E-state index in [1.807, 2.05) is 21.7 Å². The van der Waals surface area contributed by atoms with E-state index < -0.39 is 0 Å². The number of thiophene rings is 1. The molecule has 2 aromatic rings. The Morgan fingerprint density at radius 2 is 2.17 bits per heavy atom. The number of aromatic nitrogens is 2. The van der Waals surface area contributed by atoms with Gasteiger partial charge in [0.25, 0.3) is 11.5 Å². The minimum absolute atomic E-state index is 0.0296. The highest BCUT2D eigenvalue weighted by Gasteiger charge is 2.23. The van der Waals surface area contributed by atoms with Crippen molar-refractivity contribution in [3.05, 3.63) is 44.0 Å². The van der Waals surface area contributed by atoms with E-state index in [1.54, 1.807) is 13.2 Å². The molecule has 0 bridgehead atoms. The van der Waals surface area contributed by atoms with Crippen molar-refractivity contribution in [3.8, 4) is 0 Å². The van der Waals surface area contributed by atoms with Crippen molar-refractivity contribution in [2.75, 3.05) is 18.0 Å². The number of nitrogens with one attached hydrogen (secondary N) is 1. The Bertz CT molecular complexity index is 751. The maximum absolute atomic E-state index is 12.1. The standard InChI is InChI=1S/C15H17ClN4O2S/c1-19-15(22)13(16)12(8-17-19)20-5-2-11(3-6-20)18-14(21)10-4-7-23-9-10/h4,7-9,11H,2-3,5-6H2,1H3,(H,18,21). The molecular formula is C15H17ClN4O2S. The summed E-state index contributed by atoms with van der Waals surface area (Å²) in [5.74, 6) is -0.0296. The van der Waals surface area contributed by atoms with Gasteiger partial charge < -0.3 is 10.2 Å². The van der Waals surface area contributed by atoms with Crippen LogP contribution in [0.1, 0.15) is 23.2 Å². The molecule has 0 aromatic carbocycles. The molecule has 0 aliphatic carbocycles. The number of hydrogen-bond donors (Lipinski definition) is 1. The molecule has 1 aliphatic rings. The number of carbonyl (C=O) groups is 1. The normalized spacial score (nSPS) is 15.7. The maximum atomic E-state index is 12.1. The number of halogens is 1. The predicted octanol–water partition coefficient (Wildman–Crippen LogP) is 1.89. The summed E-state index contributed by atoms with van der Waals surface area (Å²) in [4.78, 5) is 26.0. The van der Waals surface area contributed by atoms with Gasteiger partial charge in [-0.25, -0.2) is 4.68 Å². The van der Waals surface area contributed by atoms with Crippen LogP contribution in [0.3, 0.4) is 0 Å². The molecule has 23 heavy (non-hydrogen) atoms. The summed E-state index contributed by atoms with van der Waals surface area (Å²) >= 11 is 7.65. The van der Waals surface area contributed by atoms with Crippen LogP contribution in [0.25, 0.3) is 0 Å². The van der Waals surface area contributed by atoms with Crippen molar-refractivity contribution in [3.63, 3.8) is 0 Å². The number of hydrogen-bond acceptors (Lipinski definition) is 5. The highest BCUT2D eigenvalue weighted by Crippen LogP contribution is 2.24. The van der Waals surface area contributed by atoms with Crippen molar-refractivity contribution < 1.29 is 4.79 Å². The molecule has 2 aromatic heterocycles. The summed E-state index contributed by atoms with van der Waals surface area (Å²) < 4.78 is 1.22. The molecule has 6 nitrogen and oxygen atoms in total. The van der Waals surface area contributed by atoms with Gasteiger partial charge in [-0.15, -0.1) is 0 Å². The Hall–Kier alpha value is -1.86. The third-order valence-corrected chi connectivity index (χ3v) is 5.05. The second-order valence-electron chi connectivity index (χ2n) is 5.52. The minimum atomic E-state index is -0.294. The van der Waals surface area contributed by atoms with Crippen LogP contribution >= 0.6 is 22.9 Å². The lowest BCUT2D eigenvalue weighted by molar-refractivity contribution is 0.0931. The van der Waals surface area contributed by atoms with E-state index in [2.05, 4.69) is 10.4 Å². The summed E-state index contributed by atoms with van der Waals surface area (Å²) in [6.07, 6.45) is 3.23. The number of rotatable bonds is 3. The first-order valence-electron chi connectivity index (χ1n) is 7.36. The predicted molar refractivity (Wildman–Crippen MR) is 91.5 cm³/mol. The lowest BCUT2D eigenvalue weighted by Crippen LogP contribution is -2.45. The van der Waals surface area contributed by atoms with E-state index in [0.717, 1.165) is 25.9 Å². The Balaban J connectivity index is 1.62. The average molecular weight is 353 g/mol. The van der Waals surface area contributed by atoms with E-state index in [0.29, 0.717) is 11.3 Å². The van der Waals surface area contributed by atoms with Gasteiger partial charge in [0.15, 0.2) is 0 Å². The smallest absolute Gasteiger partial charge is 0.287 e. The van der Waals surface area contributed by atoms with E-state index in [4.69, 9.17) is 11.6 Å². The number of carbonyl (C=O) groups excluding carboxylic acids is 1. The monoisotopic (exact) mass is 352 g/mol. The SMILES string of the molecule is Cn1ncc(N2CCC(NC(=O)c3ccsc3)CC2)c(Cl)c1=O. The molecule has 1 saturated heterocycles. The van der Waals surface area contributed by atoms with Crippen molar-refractivity contribution >= 4 is 34.5 Å². The van der Waals surface area contributed by atoms with E-state index in [1.165, 1.54) is 16.0 Å². The summed E-state index contributed by atoms with van der Waals surface area (Å²) in [5.41, 5.74) is 1.07. The average Bonchev–Trinajstić information content (AvgIpc) is 3.08. The second-order valence-corrected chi connectivity index (χ2v) is 6.68. The highest BCUT2D eigenvalue weighted by atomic mass is 35.5. The Morgan fingerprint density at radius 1 is 1.43 bits per heavy atom. The van der Waals surface area contributed by atoms with Crippen LogP contribution in [0, 0.1) is 0 Å². The van der Waals surface area contributed by atoms with Crippen molar-refractivity contribution in [1.82, 2.24) is 15.1 Å². The topological polar surface area (TPSA) is 67.2 Å². The zero-order valence-corrected chi connectivity index (χ0v) is 14.2. The molecule has 0 radical (unpaired) electrons. The third kappa shape index (κ3) is 3.40. The summed E-state index contributed by atoms with van der Waals surface area (Å²) in [5, 5.41) is 11.0. The first-order chi connectivity index (χ1) is 11.1. The van der Waals surface area contributed by atoms with Gasteiger partial charge in [-0.1, -0.05) is 11.6 Å². The van der Waals surface area contributed by atoms with Crippen LogP contribution in [0.2, 0.25) is 5.02 Å². The fourth-order valence-corrected chi connectivity index (χ4v) is 3.58. The Kier molecular flexibility index (Phi) is 4.68. The lowest BCUT2D eigenvalue weighted by Gasteiger charge is -2.34. The zero-order chi connectivity index (χ0) is 16.4. The molecule has 8 heteroatoms. The highest BCUT2D eigenvalue weighted by molar-refractivity contribution is 7.08. The van der Waals surface area contributed by atoms with Crippen LogP contribution in [-0.2, 0) is 7.05 Å². The van der Waals surface area contributed by atoms with Gasteiger partial charge in [-0.05, 0) is 24.3 Å². The van der Waals surface area contributed by atoms with Crippen molar-refractivity contribution in [2.45, 2.75) is 18.9 Å². The Labute approximate surface area is 142 Å². The molecule has 1 fully saturated rings. The van der Waals surface area contributed by atoms with Crippen LogP contribution in [0.4, 0.5) is 5.69 Å². The quantitative estimate of drug-likeness (QED) is 0.916. The number of amides is 1. The summed E-state index contributed by atoms with van der Waals surface area (Å²) in [7, 11) is 1.57. The van der Waals surface area contributed by atoms with Crippen molar-refractivity contribution in [1.29, 1.82) is 0 Å². The van der Waals surface area contributed by atoms with Gasteiger partial charge in [-0.2, -0.15) is 16.4 Å². The van der Waals surface area contributed by atoms with Crippen LogP contribution in [-0.4, -0.2) is 34.8 Å². The molecule has 3 rings (SSSR count). The molecule has 122 valence electrons. The fourth-order valence-electron chi connectivity index (χ4n) is 2.65. The van der Waals surface area contributed by atoms with Crippen molar-refractivity contribution in [2.24, 2.45) is 7.05 Å². The molecule has 0 saturated carbocycles. The fraction of sp³-hybridized carbons (Fsp3) is 0.400. The molecule has 1 N–H and O–H groups in total. The van der Waals surface area contributed by atoms with Gasteiger partial charge in [0.1, 0.15) is 5.02 Å². The van der Waals surface area contributed by atoms with E-state index >= 15 is 0 Å². The first-order valence-corrected chi connectivity index (χ1v) is 8.68. The Morgan fingerprint density at radius 3 is 2.83 bits per heavy atom. The molecule has 0 atom stereocenters. The minimum Gasteiger partial charge on any atom is -0.369 e. The molecular weight excluding hydrogens is 336 g/mol. The molecule has 0 spiro atoms. The molecule has 0 unspecified atom stereocenters. The number of piperidine rings is 1. The number of nitrogens with zero attached hydrogens (tertiary/aromatic N) is 3. The third-order valence-electron chi connectivity index (χ3n) is 4.01. The van der Waals surface area contributed by atoms with E-state index in [9.17, 15) is 9.59 Å². The van der Waals surface area contributed by atoms with Gasteiger partial charge in [0, 0.05) is 37.1 Å². The summed E-state index contributed by atoms with van der Waals surface area (Å²) in [6, 6.07) is 1.96. The number of aryl methyl sites for hydroxylation is 1. The molecule has 3 heterocycles. The summed E-state index contributed by atoms with van der Waals surface area (Å²) in [6.45, 7) is 1.45. The van der Waals surface area contributed by atoms with Gasteiger partial charge in [0.05, 0.1) is 11.9 Å².